The van der Waals surface area contributed by atoms with E-state index in [1.54, 1.807) is 6.07 Å². The topological polar surface area (TPSA) is 54.4 Å². The fraction of sp³-hybridized carbons (Fsp3) is 0.571. The van der Waals surface area contributed by atoms with Crippen LogP contribution in [-0.2, 0) is 9.84 Å². The third kappa shape index (κ3) is 2.53. The molecule has 2 rings (SSSR count). The summed E-state index contributed by atoms with van der Waals surface area (Å²) in [6.45, 7) is 3.98. The van der Waals surface area contributed by atoms with Crippen LogP contribution in [0.4, 0.5) is 0 Å². The van der Waals surface area contributed by atoms with Crippen LogP contribution in [0.3, 0.4) is 0 Å². The molecule has 1 atom stereocenters. The van der Waals surface area contributed by atoms with E-state index in [-0.39, 0.29) is 17.6 Å². The summed E-state index contributed by atoms with van der Waals surface area (Å²) in [4.78, 5) is 0. The second-order valence-electron chi connectivity index (χ2n) is 5.53. The van der Waals surface area contributed by atoms with Gasteiger partial charge in [-0.15, -0.1) is 0 Å². The van der Waals surface area contributed by atoms with Crippen LogP contribution in [0.5, 0.6) is 5.75 Å². The lowest BCUT2D eigenvalue weighted by atomic mass is 9.96. The number of phenols is 1. The molecule has 100 valence electrons. The Kier molecular flexibility index (Phi) is 3.41. The average molecular weight is 268 g/mol. The summed E-state index contributed by atoms with van der Waals surface area (Å²) < 4.78 is 23.9. The Morgan fingerprint density at radius 2 is 1.78 bits per heavy atom. The Balaban J connectivity index is 2.52. The van der Waals surface area contributed by atoms with E-state index in [0.29, 0.717) is 5.56 Å². The van der Waals surface area contributed by atoms with Gasteiger partial charge >= 0.3 is 0 Å². The zero-order valence-corrected chi connectivity index (χ0v) is 11.9. The summed E-state index contributed by atoms with van der Waals surface area (Å²) in [6.07, 6.45) is 3.13. The average Bonchev–Trinajstić information content (AvgIpc) is 3.02. The minimum absolute atomic E-state index is 0.162. The number of rotatable bonds is 4. The molecule has 18 heavy (non-hydrogen) atoms. The molecule has 0 heterocycles. The van der Waals surface area contributed by atoms with Gasteiger partial charge in [-0.2, -0.15) is 0 Å². The fourth-order valence-electron chi connectivity index (χ4n) is 2.51. The van der Waals surface area contributed by atoms with Crippen molar-refractivity contribution < 1.29 is 13.5 Å². The number of para-hydroxylation sites is 1. The molecule has 0 bridgehead atoms. The molecular formula is C14H20O3S. The number of sulfone groups is 1. The molecule has 1 aliphatic carbocycles. The highest BCUT2D eigenvalue weighted by Gasteiger charge is 2.40. The fourth-order valence-corrected chi connectivity index (χ4v) is 4.13. The summed E-state index contributed by atoms with van der Waals surface area (Å²) in [6, 6.07) is 5.44. The predicted molar refractivity (Wildman–Crippen MR) is 72.5 cm³/mol. The highest BCUT2D eigenvalue weighted by molar-refractivity contribution is 7.91. The first-order valence-corrected chi connectivity index (χ1v) is 8.28. The molecule has 1 aromatic carbocycles. The van der Waals surface area contributed by atoms with Crippen molar-refractivity contribution in [1.29, 1.82) is 0 Å². The first kappa shape index (κ1) is 13.4. The lowest BCUT2D eigenvalue weighted by Crippen LogP contribution is -2.14. The van der Waals surface area contributed by atoms with Gasteiger partial charge in [0.05, 0.1) is 5.25 Å². The molecule has 0 radical (unpaired) electrons. The summed E-state index contributed by atoms with van der Waals surface area (Å²) >= 11 is 0. The van der Waals surface area contributed by atoms with Crippen LogP contribution in [0.1, 0.15) is 49.0 Å². The Labute approximate surface area is 109 Å². The zero-order valence-electron chi connectivity index (χ0n) is 11.1. The normalized spacial score (nSPS) is 18.0. The van der Waals surface area contributed by atoms with Gasteiger partial charge in [-0.3, -0.25) is 0 Å². The molecule has 1 aromatic rings. The third-order valence-electron chi connectivity index (χ3n) is 3.54. The first-order chi connectivity index (χ1) is 8.32. The lowest BCUT2D eigenvalue weighted by Gasteiger charge is -2.19. The van der Waals surface area contributed by atoms with E-state index >= 15 is 0 Å². The Bertz CT molecular complexity index is 542. The van der Waals surface area contributed by atoms with Gasteiger partial charge in [0.1, 0.15) is 5.75 Å². The number of hydrogen-bond donors (Lipinski definition) is 1. The van der Waals surface area contributed by atoms with Crippen molar-refractivity contribution in [3.05, 3.63) is 29.3 Å². The van der Waals surface area contributed by atoms with Crippen LogP contribution < -0.4 is 0 Å². The van der Waals surface area contributed by atoms with Gasteiger partial charge in [-0.25, -0.2) is 8.42 Å². The standard InChI is InChI=1S/C14H20O3S/c1-9(2)11-5-4-6-12(13(11)15)14(10-7-8-10)18(3,16)17/h4-6,9-10,14-15H,7-8H2,1-3H3. The van der Waals surface area contributed by atoms with Gasteiger partial charge in [0, 0.05) is 11.8 Å². The minimum Gasteiger partial charge on any atom is -0.507 e. The van der Waals surface area contributed by atoms with Gasteiger partial charge in [-0.05, 0) is 30.2 Å². The van der Waals surface area contributed by atoms with E-state index in [1.165, 1.54) is 6.26 Å². The van der Waals surface area contributed by atoms with Gasteiger partial charge in [-0.1, -0.05) is 32.0 Å². The number of hydrogen-bond acceptors (Lipinski definition) is 3. The van der Waals surface area contributed by atoms with Gasteiger partial charge in [0.25, 0.3) is 0 Å². The first-order valence-electron chi connectivity index (χ1n) is 6.33. The molecule has 1 N–H and O–H groups in total. The minimum atomic E-state index is -3.18. The molecule has 4 heteroatoms. The third-order valence-corrected chi connectivity index (χ3v) is 5.10. The van der Waals surface area contributed by atoms with Crippen LogP contribution in [0.25, 0.3) is 0 Å². The SMILES string of the molecule is CC(C)c1cccc(C(C2CC2)S(C)(=O)=O)c1O. The summed E-state index contributed by atoms with van der Waals surface area (Å²) in [7, 11) is -3.18. The van der Waals surface area contributed by atoms with Crippen LogP contribution in [0.15, 0.2) is 18.2 Å². The van der Waals surface area contributed by atoms with E-state index in [0.717, 1.165) is 18.4 Å². The van der Waals surface area contributed by atoms with E-state index in [2.05, 4.69) is 0 Å². The van der Waals surface area contributed by atoms with Crippen molar-refractivity contribution in [2.75, 3.05) is 6.26 Å². The number of aromatic hydroxyl groups is 1. The molecule has 0 aliphatic heterocycles. The highest BCUT2D eigenvalue weighted by atomic mass is 32.2. The molecule has 0 amide bonds. The molecule has 0 saturated heterocycles. The maximum Gasteiger partial charge on any atom is 0.154 e. The van der Waals surface area contributed by atoms with E-state index in [9.17, 15) is 13.5 Å². The van der Waals surface area contributed by atoms with Crippen molar-refractivity contribution in [3.8, 4) is 5.75 Å². The zero-order chi connectivity index (χ0) is 13.5. The molecule has 0 aromatic heterocycles. The predicted octanol–water partition coefficient (Wildman–Crippen LogP) is 3.01. The summed E-state index contributed by atoms with van der Waals surface area (Å²) in [5.74, 6) is 0.521. The van der Waals surface area contributed by atoms with Crippen molar-refractivity contribution in [1.82, 2.24) is 0 Å². The van der Waals surface area contributed by atoms with E-state index in [1.807, 2.05) is 26.0 Å². The Morgan fingerprint density at radius 3 is 2.22 bits per heavy atom. The van der Waals surface area contributed by atoms with Crippen molar-refractivity contribution >= 4 is 9.84 Å². The second kappa shape index (κ2) is 4.57. The van der Waals surface area contributed by atoms with Gasteiger partial charge in [0.2, 0.25) is 0 Å². The molecule has 1 saturated carbocycles. The number of benzene rings is 1. The molecule has 1 aliphatic rings. The molecular weight excluding hydrogens is 248 g/mol. The van der Waals surface area contributed by atoms with E-state index < -0.39 is 15.1 Å². The Morgan fingerprint density at radius 1 is 1.22 bits per heavy atom. The van der Waals surface area contributed by atoms with E-state index in [4.69, 9.17) is 0 Å². The van der Waals surface area contributed by atoms with Crippen LogP contribution in [-0.4, -0.2) is 19.8 Å². The smallest absolute Gasteiger partial charge is 0.154 e. The van der Waals surface area contributed by atoms with Gasteiger partial charge < -0.3 is 5.11 Å². The second-order valence-corrected chi connectivity index (χ2v) is 7.69. The molecule has 1 fully saturated rings. The summed E-state index contributed by atoms with van der Waals surface area (Å²) in [5.41, 5.74) is 1.40. The van der Waals surface area contributed by atoms with Crippen molar-refractivity contribution in [3.63, 3.8) is 0 Å². The largest absolute Gasteiger partial charge is 0.507 e. The Hall–Kier alpha value is -1.03. The highest BCUT2D eigenvalue weighted by Crippen LogP contribution is 2.48. The van der Waals surface area contributed by atoms with Crippen LogP contribution >= 0.6 is 0 Å². The summed E-state index contributed by atoms with van der Waals surface area (Å²) in [5, 5.41) is 9.76. The lowest BCUT2D eigenvalue weighted by molar-refractivity contribution is 0.453. The van der Waals surface area contributed by atoms with Crippen molar-refractivity contribution in [2.45, 2.75) is 37.9 Å². The van der Waals surface area contributed by atoms with Crippen LogP contribution in [0.2, 0.25) is 0 Å². The monoisotopic (exact) mass is 268 g/mol. The molecule has 3 nitrogen and oxygen atoms in total. The van der Waals surface area contributed by atoms with Crippen molar-refractivity contribution in [2.24, 2.45) is 5.92 Å². The van der Waals surface area contributed by atoms with Crippen LogP contribution in [0, 0.1) is 5.92 Å². The maximum atomic E-state index is 11.9. The molecule has 1 unspecified atom stereocenters. The quantitative estimate of drug-likeness (QED) is 0.913. The molecule has 0 spiro atoms. The number of phenolic OH excluding ortho intramolecular Hbond substituents is 1. The van der Waals surface area contributed by atoms with Gasteiger partial charge in [0.15, 0.2) is 9.84 Å². The maximum absolute atomic E-state index is 11.9.